The molecule has 1 heterocycles. The van der Waals surface area contributed by atoms with E-state index in [0.29, 0.717) is 12.1 Å². The minimum atomic E-state index is -1.35. The molecule has 108 valence electrons. The van der Waals surface area contributed by atoms with Crippen LogP contribution in [-0.2, 0) is 0 Å². The second-order valence-corrected chi connectivity index (χ2v) is 3.94. The summed E-state index contributed by atoms with van der Waals surface area (Å²) in [4.78, 5) is 34.7. The first-order valence-electron chi connectivity index (χ1n) is 5.52. The Hall–Kier alpha value is -3.10. The Morgan fingerprint density at radius 1 is 1.24 bits per heavy atom. The van der Waals surface area contributed by atoms with E-state index < -0.39 is 39.4 Å². The smallest absolute Gasteiger partial charge is 0.307 e. The molecule has 0 unspecified atom stereocenters. The third-order valence-electron chi connectivity index (χ3n) is 2.52. The Kier molecular flexibility index (Phi) is 3.74. The second kappa shape index (κ2) is 5.49. The number of halogens is 2. The number of nitro groups is 1. The molecule has 9 heteroatoms. The van der Waals surface area contributed by atoms with E-state index in [4.69, 9.17) is 0 Å². The van der Waals surface area contributed by atoms with Crippen LogP contribution in [0, 0.1) is 21.7 Å². The molecule has 0 fully saturated rings. The third-order valence-corrected chi connectivity index (χ3v) is 2.52. The molecule has 0 atom stereocenters. The number of hydrogen-bond donors (Lipinski definition) is 2. The summed E-state index contributed by atoms with van der Waals surface area (Å²) in [6.45, 7) is 0. The van der Waals surface area contributed by atoms with E-state index >= 15 is 0 Å². The molecule has 0 saturated carbocycles. The maximum Gasteiger partial charge on any atom is 0.307 e. The summed E-state index contributed by atoms with van der Waals surface area (Å²) in [7, 11) is 0. The molecule has 0 aliphatic rings. The highest BCUT2D eigenvalue weighted by Crippen LogP contribution is 2.25. The zero-order chi connectivity index (χ0) is 15.6. The van der Waals surface area contributed by atoms with Crippen molar-refractivity contribution in [1.82, 2.24) is 4.98 Å². The summed E-state index contributed by atoms with van der Waals surface area (Å²) in [5.74, 6) is -3.39. The van der Waals surface area contributed by atoms with Crippen LogP contribution >= 0.6 is 0 Å². The van der Waals surface area contributed by atoms with Crippen LogP contribution in [0.3, 0.4) is 0 Å². The van der Waals surface area contributed by atoms with Gasteiger partial charge < -0.3 is 10.3 Å². The first kappa shape index (κ1) is 14.3. The predicted molar refractivity (Wildman–Crippen MR) is 68.0 cm³/mol. The van der Waals surface area contributed by atoms with E-state index in [1.807, 2.05) is 5.32 Å². The largest absolute Gasteiger partial charge is 0.329 e. The highest BCUT2D eigenvalue weighted by Gasteiger charge is 2.20. The topological polar surface area (TPSA) is 105 Å². The van der Waals surface area contributed by atoms with Crippen LogP contribution in [0.15, 0.2) is 35.3 Å². The van der Waals surface area contributed by atoms with Gasteiger partial charge in [-0.1, -0.05) is 0 Å². The van der Waals surface area contributed by atoms with Crippen molar-refractivity contribution in [2.24, 2.45) is 0 Å². The molecular weight excluding hydrogens is 288 g/mol. The van der Waals surface area contributed by atoms with Gasteiger partial charge in [0.2, 0.25) is 11.4 Å². The standard InChI is InChI=1S/C12H7F2N3O4/c13-7-4-8(14)10(17(20)21)5-9(7)16-12(19)6-1-2-15-11(18)3-6/h1-5H,(H,15,18)(H,16,19). The van der Waals surface area contributed by atoms with Crippen LogP contribution < -0.4 is 10.9 Å². The van der Waals surface area contributed by atoms with Gasteiger partial charge in [-0.25, -0.2) is 4.39 Å². The molecule has 2 N–H and O–H groups in total. The minimum Gasteiger partial charge on any atom is -0.329 e. The van der Waals surface area contributed by atoms with Gasteiger partial charge >= 0.3 is 5.69 Å². The number of carbonyl (C=O) groups excluding carboxylic acids is 1. The molecule has 0 spiro atoms. The van der Waals surface area contributed by atoms with Crippen molar-refractivity contribution in [3.05, 3.63) is 68.1 Å². The summed E-state index contributed by atoms with van der Waals surface area (Å²) in [6.07, 6.45) is 1.21. The van der Waals surface area contributed by atoms with Gasteiger partial charge in [-0.05, 0) is 6.07 Å². The Morgan fingerprint density at radius 2 is 1.95 bits per heavy atom. The average molecular weight is 295 g/mol. The average Bonchev–Trinajstić information content (AvgIpc) is 2.41. The second-order valence-electron chi connectivity index (χ2n) is 3.94. The van der Waals surface area contributed by atoms with E-state index in [-0.39, 0.29) is 5.56 Å². The number of anilines is 1. The summed E-state index contributed by atoms with van der Waals surface area (Å²) in [5.41, 5.74) is -2.16. The van der Waals surface area contributed by atoms with Gasteiger partial charge in [0, 0.05) is 30.0 Å². The SMILES string of the molecule is O=C(Nc1cc([N+](=O)[O-])c(F)cc1F)c1cc[nH]c(=O)c1. The number of amides is 1. The van der Waals surface area contributed by atoms with Gasteiger partial charge in [0.25, 0.3) is 5.91 Å². The Bertz CT molecular complexity index is 788. The van der Waals surface area contributed by atoms with Gasteiger partial charge in [0.05, 0.1) is 10.6 Å². The maximum atomic E-state index is 13.5. The lowest BCUT2D eigenvalue weighted by Crippen LogP contribution is -2.16. The molecule has 1 amide bonds. The Balaban J connectivity index is 2.35. The first-order valence-corrected chi connectivity index (χ1v) is 5.52. The Labute approximate surface area is 115 Å². The summed E-state index contributed by atoms with van der Waals surface area (Å²) in [5, 5.41) is 12.6. The highest BCUT2D eigenvalue weighted by atomic mass is 19.1. The van der Waals surface area contributed by atoms with Crippen molar-refractivity contribution in [3.8, 4) is 0 Å². The normalized spacial score (nSPS) is 10.2. The number of nitrogens with zero attached hydrogens (tertiary/aromatic N) is 1. The number of hydrogen-bond acceptors (Lipinski definition) is 4. The number of benzene rings is 1. The van der Waals surface area contributed by atoms with Crippen LogP contribution in [0.4, 0.5) is 20.2 Å². The fraction of sp³-hybridized carbons (Fsp3) is 0. The molecular formula is C12H7F2N3O4. The lowest BCUT2D eigenvalue weighted by Gasteiger charge is -2.06. The molecule has 2 rings (SSSR count). The molecule has 0 saturated heterocycles. The number of H-pyrrole nitrogens is 1. The molecule has 1 aromatic heterocycles. The zero-order valence-corrected chi connectivity index (χ0v) is 10.2. The fourth-order valence-corrected chi connectivity index (χ4v) is 1.55. The molecule has 0 aliphatic heterocycles. The lowest BCUT2D eigenvalue weighted by molar-refractivity contribution is -0.387. The van der Waals surface area contributed by atoms with E-state index in [1.165, 1.54) is 12.3 Å². The van der Waals surface area contributed by atoms with E-state index in [0.717, 1.165) is 6.07 Å². The van der Waals surface area contributed by atoms with Crippen LogP contribution in [0.25, 0.3) is 0 Å². The number of pyridine rings is 1. The van der Waals surface area contributed by atoms with Gasteiger partial charge in [-0.15, -0.1) is 0 Å². The van der Waals surface area contributed by atoms with Crippen molar-refractivity contribution in [2.75, 3.05) is 5.32 Å². The van der Waals surface area contributed by atoms with Crippen molar-refractivity contribution in [1.29, 1.82) is 0 Å². The monoisotopic (exact) mass is 295 g/mol. The number of aromatic nitrogens is 1. The van der Waals surface area contributed by atoms with E-state index in [9.17, 15) is 28.5 Å². The van der Waals surface area contributed by atoms with Crippen LogP contribution in [-0.4, -0.2) is 15.8 Å². The van der Waals surface area contributed by atoms with Crippen molar-refractivity contribution >= 4 is 17.3 Å². The molecule has 21 heavy (non-hydrogen) atoms. The number of aromatic amines is 1. The van der Waals surface area contributed by atoms with Gasteiger partial charge in [-0.3, -0.25) is 19.7 Å². The third kappa shape index (κ3) is 3.08. The van der Waals surface area contributed by atoms with E-state index in [1.54, 1.807) is 0 Å². The van der Waals surface area contributed by atoms with E-state index in [2.05, 4.69) is 4.98 Å². The van der Waals surface area contributed by atoms with Gasteiger partial charge in [0.1, 0.15) is 5.82 Å². The lowest BCUT2D eigenvalue weighted by atomic mass is 10.2. The number of nitro benzene ring substituents is 1. The van der Waals surface area contributed by atoms with Crippen molar-refractivity contribution in [3.63, 3.8) is 0 Å². The molecule has 1 aromatic carbocycles. The molecule has 2 aromatic rings. The maximum absolute atomic E-state index is 13.5. The fourth-order valence-electron chi connectivity index (χ4n) is 1.55. The zero-order valence-electron chi connectivity index (χ0n) is 10.2. The van der Waals surface area contributed by atoms with Crippen molar-refractivity contribution < 1.29 is 18.5 Å². The quantitative estimate of drug-likeness (QED) is 0.665. The van der Waals surface area contributed by atoms with Crippen molar-refractivity contribution in [2.45, 2.75) is 0 Å². The number of rotatable bonds is 3. The van der Waals surface area contributed by atoms with Gasteiger partial charge in [0.15, 0.2) is 0 Å². The Morgan fingerprint density at radius 3 is 2.57 bits per heavy atom. The number of nitrogens with one attached hydrogen (secondary N) is 2. The van der Waals surface area contributed by atoms with Gasteiger partial charge in [-0.2, -0.15) is 4.39 Å². The summed E-state index contributed by atoms with van der Waals surface area (Å²) < 4.78 is 26.7. The molecule has 0 radical (unpaired) electrons. The predicted octanol–water partition coefficient (Wildman–Crippen LogP) is 1.81. The number of carbonyl (C=O) groups is 1. The molecule has 7 nitrogen and oxygen atoms in total. The molecule has 0 aliphatic carbocycles. The molecule has 0 bridgehead atoms. The van der Waals surface area contributed by atoms with Crippen LogP contribution in [0.1, 0.15) is 10.4 Å². The first-order chi connectivity index (χ1) is 9.88. The van der Waals surface area contributed by atoms with Crippen LogP contribution in [0.5, 0.6) is 0 Å². The summed E-state index contributed by atoms with van der Waals surface area (Å²) in [6, 6.07) is 3.08. The van der Waals surface area contributed by atoms with Crippen LogP contribution in [0.2, 0.25) is 0 Å². The highest BCUT2D eigenvalue weighted by molar-refractivity contribution is 6.04. The minimum absolute atomic E-state index is 0.0786. The summed E-state index contributed by atoms with van der Waals surface area (Å²) >= 11 is 0.